The Morgan fingerprint density at radius 3 is 2.67 bits per heavy atom. The van der Waals surface area contributed by atoms with Crippen LogP contribution in [0.5, 0.6) is 0 Å². The van der Waals surface area contributed by atoms with E-state index in [1.54, 1.807) is 0 Å². The summed E-state index contributed by atoms with van der Waals surface area (Å²) in [6, 6.07) is 21.2. The summed E-state index contributed by atoms with van der Waals surface area (Å²) in [7, 11) is 0. The molecule has 0 saturated carbocycles. The van der Waals surface area contributed by atoms with Gasteiger partial charge in [0.2, 0.25) is 0 Å². The molecule has 0 fully saturated rings. The summed E-state index contributed by atoms with van der Waals surface area (Å²) in [6.45, 7) is 4.22. The highest BCUT2D eigenvalue weighted by molar-refractivity contribution is 6.06. The Bertz CT molecular complexity index is 1370. The predicted molar refractivity (Wildman–Crippen MR) is 129 cm³/mol. The van der Waals surface area contributed by atoms with Gasteiger partial charge in [-0.05, 0) is 35.5 Å². The van der Waals surface area contributed by atoms with E-state index in [-0.39, 0.29) is 12.5 Å². The van der Waals surface area contributed by atoms with Crippen molar-refractivity contribution in [3.8, 4) is 0 Å². The fourth-order valence-corrected chi connectivity index (χ4v) is 4.42. The van der Waals surface area contributed by atoms with Crippen LogP contribution in [0.4, 0.5) is 5.69 Å². The molecule has 0 spiro atoms. The van der Waals surface area contributed by atoms with Crippen molar-refractivity contribution < 1.29 is 14.3 Å². The number of fused-ring (bicyclic) bond motifs is 3. The Morgan fingerprint density at radius 2 is 1.82 bits per heavy atom. The lowest BCUT2D eigenvalue weighted by atomic mass is 9.96. The second kappa shape index (κ2) is 9.00. The smallest absolute Gasteiger partial charge is 0.339 e. The monoisotopic (exact) mass is 439 g/mol. The highest BCUT2D eigenvalue weighted by Gasteiger charge is 2.26. The number of para-hydroxylation sites is 1. The molecule has 5 rings (SSSR count). The van der Waals surface area contributed by atoms with Gasteiger partial charge in [0.25, 0.3) is 5.91 Å². The van der Waals surface area contributed by atoms with Gasteiger partial charge in [0.05, 0.1) is 11.1 Å². The zero-order chi connectivity index (χ0) is 22.8. The maximum absolute atomic E-state index is 13.2. The summed E-state index contributed by atoms with van der Waals surface area (Å²) >= 11 is 0. The van der Waals surface area contributed by atoms with E-state index in [1.165, 1.54) is 0 Å². The van der Waals surface area contributed by atoms with Gasteiger partial charge < -0.3 is 10.1 Å². The van der Waals surface area contributed by atoms with E-state index < -0.39 is 5.97 Å². The molecule has 1 amide bonds. The molecule has 1 aliphatic heterocycles. The standard InChI is InChI=1S/C27H25N3O3/c1-2-30-14-13-24-22(16-30)26(21-9-5-6-10-23(21)29-24)27(32)33-17-25(31)28-20-12-11-18-7-3-4-8-19(18)15-20/h3-12,15H,2,13-14,16-17H2,1H3,(H,28,31). The molecule has 1 aromatic heterocycles. The first-order valence-corrected chi connectivity index (χ1v) is 11.2. The molecule has 4 aromatic rings. The van der Waals surface area contributed by atoms with E-state index in [0.717, 1.165) is 52.4 Å². The Labute approximate surface area is 192 Å². The molecule has 3 aromatic carbocycles. The molecule has 166 valence electrons. The first-order chi connectivity index (χ1) is 16.1. The molecule has 0 aliphatic carbocycles. The number of rotatable bonds is 5. The van der Waals surface area contributed by atoms with Crippen molar-refractivity contribution in [2.75, 3.05) is 25.0 Å². The van der Waals surface area contributed by atoms with Crippen molar-refractivity contribution in [3.05, 3.63) is 83.6 Å². The third-order valence-electron chi connectivity index (χ3n) is 6.14. The molecule has 0 atom stereocenters. The van der Waals surface area contributed by atoms with Crippen molar-refractivity contribution in [3.63, 3.8) is 0 Å². The quantitative estimate of drug-likeness (QED) is 0.462. The van der Waals surface area contributed by atoms with Gasteiger partial charge in [-0.25, -0.2) is 4.79 Å². The van der Waals surface area contributed by atoms with Gasteiger partial charge in [0, 0.05) is 41.8 Å². The van der Waals surface area contributed by atoms with Gasteiger partial charge in [-0.3, -0.25) is 14.7 Å². The highest BCUT2D eigenvalue weighted by atomic mass is 16.5. The fourth-order valence-electron chi connectivity index (χ4n) is 4.42. The van der Waals surface area contributed by atoms with Crippen molar-refractivity contribution in [1.29, 1.82) is 0 Å². The van der Waals surface area contributed by atoms with Crippen LogP contribution in [0.1, 0.15) is 28.5 Å². The van der Waals surface area contributed by atoms with Gasteiger partial charge in [-0.2, -0.15) is 0 Å². The SMILES string of the molecule is CCN1CCc2nc3ccccc3c(C(=O)OCC(=O)Nc3ccc4ccccc4c3)c2C1. The number of likely N-dealkylation sites (N-methyl/N-ethyl adjacent to an activating group) is 1. The molecule has 1 N–H and O–H groups in total. The van der Waals surface area contributed by atoms with Gasteiger partial charge in [-0.1, -0.05) is 55.5 Å². The third-order valence-corrected chi connectivity index (χ3v) is 6.14. The fraction of sp³-hybridized carbons (Fsp3) is 0.222. The van der Waals surface area contributed by atoms with Crippen LogP contribution >= 0.6 is 0 Å². The van der Waals surface area contributed by atoms with Crippen LogP contribution < -0.4 is 5.32 Å². The summed E-state index contributed by atoms with van der Waals surface area (Å²) < 4.78 is 5.50. The van der Waals surface area contributed by atoms with Crippen LogP contribution in [0.3, 0.4) is 0 Å². The van der Waals surface area contributed by atoms with E-state index >= 15 is 0 Å². The number of hydrogen-bond donors (Lipinski definition) is 1. The van der Waals surface area contributed by atoms with Crippen LogP contribution in [0.25, 0.3) is 21.7 Å². The third kappa shape index (κ3) is 4.30. The zero-order valence-corrected chi connectivity index (χ0v) is 18.5. The highest BCUT2D eigenvalue weighted by Crippen LogP contribution is 2.28. The van der Waals surface area contributed by atoms with Crippen LogP contribution in [-0.2, 0) is 22.5 Å². The molecule has 0 radical (unpaired) electrons. The van der Waals surface area contributed by atoms with E-state index in [2.05, 4.69) is 17.1 Å². The number of carbonyl (C=O) groups excluding carboxylic acids is 2. The molecule has 2 heterocycles. The summed E-state index contributed by atoms with van der Waals surface area (Å²) in [6.07, 6.45) is 0.788. The van der Waals surface area contributed by atoms with Crippen molar-refractivity contribution in [2.24, 2.45) is 0 Å². The van der Waals surface area contributed by atoms with Crippen LogP contribution in [0.15, 0.2) is 66.7 Å². The average Bonchev–Trinajstić information content (AvgIpc) is 2.85. The number of benzene rings is 3. The van der Waals surface area contributed by atoms with E-state index in [1.807, 2.05) is 66.7 Å². The van der Waals surface area contributed by atoms with Crippen LogP contribution in [-0.4, -0.2) is 41.5 Å². The number of ether oxygens (including phenoxy) is 1. The summed E-state index contributed by atoms with van der Waals surface area (Å²) in [5, 5.41) is 5.70. The topological polar surface area (TPSA) is 71.5 Å². The zero-order valence-electron chi connectivity index (χ0n) is 18.5. The number of pyridine rings is 1. The molecule has 0 bridgehead atoms. The summed E-state index contributed by atoms with van der Waals surface area (Å²) in [5.41, 5.74) is 3.80. The lowest BCUT2D eigenvalue weighted by molar-refractivity contribution is -0.119. The van der Waals surface area contributed by atoms with Gasteiger partial charge in [-0.15, -0.1) is 0 Å². The number of anilines is 1. The number of hydrogen-bond acceptors (Lipinski definition) is 5. The normalized spacial score (nSPS) is 13.6. The Morgan fingerprint density at radius 1 is 1.03 bits per heavy atom. The average molecular weight is 440 g/mol. The lowest BCUT2D eigenvalue weighted by Crippen LogP contribution is -2.32. The first-order valence-electron chi connectivity index (χ1n) is 11.2. The van der Waals surface area contributed by atoms with Gasteiger partial charge >= 0.3 is 5.97 Å². The molecule has 1 aliphatic rings. The van der Waals surface area contributed by atoms with Crippen molar-refractivity contribution >= 4 is 39.2 Å². The molecule has 0 unspecified atom stereocenters. The summed E-state index contributed by atoms with van der Waals surface area (Å²) in [5.74, 6) is -0.863. The number of nitrogens with one attached hydrogen (secondary N) is 1. The lowest BCUT2D eigenvalue weighted by Gasteiger charge is -2.28. The largest absolute Gasteiger partial charge is 0.452 e. The maximum Gasteiger partial charge on any atom is 0.339 e. The number of amides is 1. The Hall–Kier alpha value is -3.77. The van der Waals surface area contributed by atoms with Crippen molar-refractivity contribution in [1.82, 2.24) is 9.88 Å². The number of nitrogens with zero attached hydrogens (tertiary/aromatic N) is 2. The van der Waals surface area contributed by atoms with Gasteiger partial charge in [0.1, 0.15) is 0 Å². The Balaban J connectivity index is 1.36. The predicted octanol–water partition coefficient (Wildman–Crippen LogP) is 4.56. The Kier molecular flexibility index (Phi) is 5.75. The second-order valence-corrected chi connectivity index (χ2v) is 8.23. The molecular weight excluding hydrogens is 414 g/mol. The summed E-state index contributed by atoms with van der Waals surface area (Å²) in [4.78, 5) is 32.8. The van der Waals surface area contributed by atoms with Gasteiger partial charge in [0.15, 0.2) is 6.61 Å². The van der Waals surface area contributed by atoms with Crippen molar-refractivity contribution in [2.45, 2.75) is 19.9 Å². The van der Waals surface area contributed by atoms with Crippen LogP contribution in [0, 0.1) is 0 Å². The molecule has 33 heavy (non-hydrogen) atoms. The second-order valence-electron chi connectivity index (χ2n) is 8.23. The number of esters is 1. The number of carbonyl (C=O) groups is 2. The van der Waals surface area contributed by atoms with Crippen LogP contribution in [0.2, 0.25) is 0 Å². The maximum atomic E-state index is 13.2. The number of aromatic nitrogens is 1. The van der Waals surface area contributed by atoms with E-state index in [4.69, 9.17) is 9.72 Å². The first kappa shape index (κ1) is 21.1. The minimum Gasteiger partial charge on any atom is -0.452 e. The van der Waals surface area contributed by atoms with E-state index in [0.29, 0.717) is 17.8 Å². The molecular formula is C27H25N3O3. The molecule has 6 nitrogen and oxygen atoms in total. The van der Waals surface area contributed by atoms with E-state index in [9.17, 15) is 9.59 Å². The molecule has 6 heteroatoms. The minimum absolute atomic E-state index is 0.353. The molecule has 0 saturated heterocycles. The minimum atomic E-state index is -0.489.